The number of nitrogens with one attached hydrogen (secondary N) is 1. The van der Waals surface area contributed by atoms with Crippen LogP contribution < -0.4 is 11.2 Å². The standard InChI is InChI=1S/C18H21FN2O6/c1-10-7-14(22)20-18(24)21(10)8-13-15(23)16(17(25-2)27-13)26-9-11-5-3-4-6-12(11)19/h3-7,13,15-17,23H,8-9H2,1-2H3,(H,20,22,24)/t13-,15+,16-,17+/m1/s1. The SMILES string of the molecule is CO[C@H]1O[C@H](Cn2c(C)cc(=O)[nH]c2=O)[C@H](O)[C@H]1OCc1ccccc1F. The number of benzene rings is 1. The molecule has 2 N–H and O–H groups in total. The van der Waals surface area contributed by atoms with Gasteiger partial charge in [0.15, 0.2) is 6.29 Å². The number of aromatic nitrogens is 2. The number of H-pyrrole nitrogens is 1. The highest BCUT2D eigenvalue weighted by atomic mass is 19.1. The highest BCUT2D eigenvalue weighted by Crippen LogP contribution is 2.27. The minimum Gasteiger partial charge on any atom is -0.387 e. The first-order valence-corrected chi connectivity index (χ1v) is 8.43. The third-order valence-electron chi connectivity index (χ3n) is 4.52. The normalized spacial score (nSPS) is 25.0. The Morgan fingerprint density at radius 2 is 2.07 bits per heavy atom. The number of ether oxygens (including phenoxy) is 3. The quantitative estimate of drug-likeness (QED) is 0.747. The monoisotopic (exact) mass is 380 g/mol. The lowest BCUT2D eigenvalue weighted by Crippen LogP contribution is -2.40. The van der Waals surface area contributed by atoms with Crippen molar-refractivity contribution in [3.63, 3.8) is 0 Å². The van der Waals surface area contributed by atoms with Gasteiger partial charge < -0.3 is 19.3 Å². The molecule has 146 valence electrons. The van der Waals surface area contributed by atoms with Crippen LogP contribution in [0.1, 0.15) is 11.3 Å². The summed E-state index contributed by atoms with van der Waals surface area (Å²) in [5.41, 5.74) is -0.317. The van der Waals surface area contributed by atoms with Crippen LogP contribution in [0.15, 0.2) is 39.9 Å². The first kappa shape index (κ1) is 19.4. The van der Waals surface area contributed by atoms with Crippen LogP contribution >= 0.6 is 0 Å². The van der Waals surface area contributed by atoms with Gasteiger partial charge in [-0.05, 0) is 13.0 Å². The number of aliphatic hydroxyl groups excluding tert-OH is 1. The first-order valence-electron chi connectivity index (χ1n) is 8.43. The van der Waals surface area contributed by atoms with Gasteiger partial charge in [0.1, 0.15) is 24.1 Å². The van der Waals surface area contributed by atoms with Crippen LogP contribution in [0.2, 0.25) is 0 Å². The molecule has 0 saturated carbocycles. The zero-order chi connectivity index (χ0) is 19.6. The molecule has 1 aliphatic heterocycles. The van der Waals surface area contributed by atoms with Crippen molar-refractivity contribution in [2.75, 3.05) is 7.11 Å². The fraction of sp³-hybridized carbons (Fsp3) is 0.444. The smallest absolute Gasteiger partial charge is 0.328 e. The second-order valence-corrected chi connectivity index (χ2v) is 6.33. The molecule has 0 unspecified atom stereocenters. The van der Waals surface area contributed by atoms with E-state index in [1.54, 1.807) is 25.1 Å². The molecule has 1 saturated heterocycles. The van der Waals surface area contributed by atoms with Gasteiger partial charge in [0.25, 0.3) is 5.56 Å². The zero-order valence-corrected chi connectivity index (χ0v) is 14.9. The molecule has 1 aromatic carbocycles. The highest BCUT2D eigenvalue weighted by Gasteiger charge is 2.45. The fourth-order valence-corrected chi connectivity index (χ4v) is 3.07. The van der Waals surface area contributed by atoms with Crippen molar-refractivity contribution < 1.29 is 23.7 Å². The van der Waals surface area contributed by atoms with Gasteiger partial charge in [-0.1, -0.05) is 18.2 Å². The average Bonchev–Trinajstić information content (AvgIpc) is 2.92. The molecule has 8 nitrogen and oxygen atoms in total. The third kappa shape index (κ3) is 4.16. The summed E-state index contributed by atoms with van der Waals surface area (Å²) >= 11 is 0. The molecule has 0 radical (unpaired) electrons. The van der Waals surface area contributed by atoms with Crippen LogP contribution in [0.4, 0.5) is 4.39 Å². The van der Waals surface area contributed by atoms with Crippen molar-refractivity contribution >= 4 is 0 Å². The summed E-state index contributed by atoms with van der Waals surface area (Å²) in [5.74, 6) is -0.410. The number of aliphatic hydroxyl groups is 1. The summed E-state index contributed by atoms with van der Waals surface area (Å²) in [7, 11) is 1.40. The molecule has 0 amide bonds. The molecule has 3 rings (SSSR count). The summed E-state index contributed by atoms with van der Waals surface area (Å²) in [6, 6.07) is 7.45. The van der Waals surface area contributed by atoms with E-state index >= 15 is 0 Å². The molecule has 1 fully saturated rings. The van der Waals surface area contributed by atoms with Crippen molar-refractivity contribution in [2.45, 2.75) is 44.7 Å². The maximum Gasteiger partial charge on any atom is 0.328 e. The Balaban J connectivity index is 1.73. The van der Waals surface area contributed by atoms with Crippen LogP contribution in [0.3, 0.4) is 0 Å². The van der Waals surface area contributed by atoms with Gasteiger partial charge in [-0.15, -0.1) is 0 Å². The van der Waals surface area contributed by atoms with Crippen LogP contribution in [0.5, 0.6) is 0 Å². The van der Waals surface area contributed by atoms with Crippen molar-refractivity contribution in [3.8, 4) is 0 Å². The number of halogens is 1. The third-order valence-corrected chi connectivity index (χ3v) is 4.52. The average molecular weight is 380 g/mol. The summed E-state index contributed by atoms with van der Waals surface area (Å²) in [6.45, 7) is 1.54. The van der Waals surface area contributed by atoms with E-state index in [-0.39, 0.29) is 13.2 Å². The Morgan fingerprint density at radius 3 is 2.74 bits per heavy atom. The summed E-state index contributed by atoms with van der Waals surface area (Å²) in [4.78, 5) is 25.5. The van der Waals surface area contributed by atoms with Crippen molar-refractivity contribution in [3.05, 3.63) is 68.2 Å². The molecule has 4 atom stereocenters. The van der Waals surface area contributed by atoms with Gasteiger partial charge in [-0.3, -0.25) is 14.3 Å². The van der Waals surface area contributed by atoms with Crippen molar-refractivity contribution in [1.29, 1.82) is 0 Å². The van der Waals surface area contributed by atoms with Crippen LogP contribution in [-0.4, -0.2) is 46.4 Å². The van der Waals surface area contributed by atoms with E-state index in [2.05, 4.69) is 4.98 Å². The molecule has 2 heterocycles. The predicted molar refractivity (Wildman–Crippen MR) is 92.7 cm³/mol. The summed E-state index contributed by atoms with van der Waals surface area (Å²) in [6.07, 6.45) is -3.66. The van der Waals surface area contributed by atoms with Gasteiger partial charge in [0, 0.05) is 24.4 Å². The van der Waals surface area contributed by atoms with E-state index in [1.165, 1.54) is 23.8 Å². The molecule has 0 spiro atoms. The van der Waals surface area contributed by atoms with Gasteiger partial charge in [-0.2, -0.15) is 0 Å². The van der Waals surface area contributed by atoms with Crippen LogP contribution in [0.25, 0.3) is 0 Å². The first-order chi connectivity index (χ1) is 12.9. The maximum atomic E-state index is 13.8. The van der Waals surface area contributed by atoms with Gasteiger partial charge >= 0.3 is 5.69 Å². The maximum absolute atomic E-state index is 13.8. The number of hydrogen-bond acceptors (Lipinski definition) is 6. The van der Waals surface area contributed by atoms with Gasteiger partial charge in [0.05, 0.1) is 13.2 Å². The Kier molecular flexibility index (Phi) is 5.85. The summed E-state index contributed by atoms with van der Waals surface area (Å²) in [5, 5.41) is 10.6. The highest BCUT2D eigenvalue weighted by molar-refractivity contribution is 5.16. The largest absolute Gasteiger partial charge is 0.387 e. The molecular formula is C18H21FN2O6. The second-order valence-electron chi connectivity index (χ2n) is 6.33. The summed E-state index contributed by atoms with van der Waals surface area (Å²) < 4.78 is 31.6. The lowest BCUT2D eigenvalue weighted by molar-refractivity contribution is -0.166. The molecule has 9 heteroatoms. The molecule has 2 aromatic rings. The number of hydrogen-bond donors (Lipinski definition) is 2. The van der Waals surface area contributed by atoms with E-state index in [1.807, 2.05) is 0 Å². The van der Waals surface area contributed by atoms with E-state index < -0.39 is 41.7 Å². The van der Waals surface area contributed by atoms with Crippen LogP contribution in [-0.2, 0) is 27.4 Å². The van der Waals surface area contributed by atoms with Gasteiger partial charge in [0.2, 0.25) is 0 Å². The Hall–Kier alpha value is -2.33. The number of nitrogens with zero attached hydrogens (tertiary/aromatic N) is 1. The number of methoxy groups -OCH3 is 1. The second kappa shape index (κ2) is 8.13. The Bertz CT molecular complexity index is 911. The van der Waals surface area contributed by atoms with Crippen LogP contribution in [0, 0.1) is 12.7 Å². The topological polar surface area (TPSA) is 103 Å². The lowest BCUT2D eigenvalue weighted by Gasteiger charge is -2.20. The fourth-order valence-electron chi connectivity index (χ4n) is 3.07. The minimum atomic E-state index is -1.11. The van der Waals surface area contributed by atoms with E-state index in [9.17, 15) is 19.1 Å². The van der Waals surface area contributed by atoms with E-state index in [4.69, 9.17) is 14.2 Å². The van der Waals surface area contributed by atoms with Crippen molar-refractivity contribution in [2.24, 2.45) is 0 Å². The Morgan fingerprint density at radius 1 is 1.33 bits per heavy atom. The molecule has 27 heavy (non-hydrogen) atoms. The number of rotatable bonds is 6. The number of aryl methyl sites for hydroxylation is 1. The molecular weight excluding hydrogens is 359 g/mol. The molecule has 0 bridgehead atoms. The van der Waals surface area contributed by atoms with E-state index in [0.29, 0.717) is 11.3 Å². The minimum absolute atomic E-state index is 0.00202. The van der Waals surface area contributed by atoms with Gasteiger partial charge in [-0.25, -0.2) is 9.18 Å². The number of aromatic amines is 1. The lowest BCUT2D eigenvalue weighted by atomic mass is 10.1. The predicted octanol–water partition coefficient (Wildman–Crippen LogP) is 0.302. The zero-order valence-electron chi connectivity index (χ0n) is 14.9. The Labute approximate surface area is 154 Å². The molecule has 1 aromatic heterocycles. The molecule has 1 aliphatic rings. The molecule has 0 aliphatic carbocycles. The van der Waals surface area contributed by atoms with Crippen molar-refractivity contribution in [1.82, 2.24) is 9.55 Å². The van der Waals surface area contributed by atoms with E-state index in [0.717, 1.165) is 0 Å².